The van der Waals surface area contributed by atoms with Gasteiger partial charge in [-0.15, -0.1) is 0 Å². The molecule has 1 atom stereocenters. The number of aromatic hydroxyl groups is 1. The van der Waals surface area contributed by atoms with E-state index in [0.29, 0.717) is 5.75 Å². The van der Waals surface area contributed by atoms with Gasteiger partial charge in [-0.3, -0.25) is 0 Å². The summed E-state index contributed by atoms with van der Waals surface area (Å²) in [5, 5.41) is 10.0. The first kappa shape index (κ1) is 14.3. The van der Waals surface area contributed by atoms with Crippen molar-refractivity contribution in [3.05, 3.63) is 22.2 Å². The molecular weight excluding hydrogens is 282 g/mol. The maximum Gasteiger partial charge on any atom is 0.162 e. The lowest BCUT2D eigenvalue weighted by molar-refractivity contribution is 0.367. The van der Waals surface area contributed by atoms with E-state index in [9.17, 15) is 5.11 Å². The molecule has 4 heteroatoms. The summed E-state index contributed by atoms with van der Waals surface area (Å²) in [6.45, 7) is 2.16. The summed E-state index contributed by atoms with van der Waals surface area (Å²) in [5.74, 6) is 0.611. The fraction of sp³-hybridized carbons (Fsp3) is 0.538. The summed E-state index contributed by atoms with van der Waals surface area (Å²) < 4.78 is 5.98. The van der Waals surface area contributed by atoms with Crippen LogP contribution >= 0.6 is 15.9 Å². The van der Waals surface area contributed by atoms with E-state index < -0.39 is 0 Å². The summed E-state index contributed by atoms with van der Waals surface area (Å²) in [6, 6.07) is 3.44. The molecule has 0 aliphatic heterocycles. The third-order valence-corrected chi connectivity index (χ3v) is 3.27. The molecule has 0 radical (unpaired) electrons. The maximum atomic E-state index is 10.0. The molecule has 0 bridgehead atoms. The number of halogens is 1. The second-order valence-corrected chi connectivity index (χ2v) is 5.06. The third-order valence-electron chi connectivity index (χ3n) is 2.81. The van der Waals surface area contributed by atoms with Crippen LogP contribution in [0.4, 0.5) is 0 Å². The van der Waals surface area contributed by atoms with E-state index in [4.69, 9.17) is 10.5 Å². The zero-order valence-electron chi connectivity index (χ0n) is 10.4. The van der Waals surface area contributed by atoms with Crippen LogP contribution in [-0.4, -0.2) is 12.2 Å². The smallest absolute Gasteiger partial charge is 0.162 e. The van der Waals surface area contributed by atoms with Gasteiger partial charge in [-0.25, -0.2) is 0 Å². The van der Waals surface area contributed by atoms with Gasteiger partial charge in [0.25, 0.3) is 0 Å². The molecule has 0 amide bonds. The van der Waals surface area contributed by atoms with E-state index in [1.165, 1.54) is 20.0 Å². The molecule has 96 valence electrons. The summed E-state index contributed by atoms with van der Waals surface area (Å²) in [4.78, 5) is 0. The molecule has 0 saturated carbocycles. The predicted octanol–water partition coefficient (Wildman–Crippen LogP) is 3.74. The Morgan fingerprint density at radius 1 is 1.41 bits per heavy atom. The Morgan fingerprint density at radius 2 is 2.12 bits per heavy atom. The SMILES string of the molecule is CCCCC[C@@H](N)c1cc(Br)cc(OC)c1O. The summed E-state index contributed by atoms with van der Waals surface area (Å²) in [6.07, 6.45) is 4.28. The molecule has 0 saturated heterocycles. The summed E-state index contributed by atoms with van der Waals surface area (Å²) in [5.41, 5.74) is 6.84. The number of nitrogens with two attached hydrogens (primary N) is 1. The number of rotatable bonds is 6. The average Bonchev–Trinajstić information content (AvgIpc) is 2.31. The fourth-order valence-electron chi connectivity index (χ4n) is 1.80. The Bertz CT molecular complexity index is 369. The van der Waals surface area contributed by atoms with Crippen molar-refractivity contribution in [1.82, 2.24) is 0 Å². The molecule has 3 N–H and O–H groups in total. The molecule has 0 fully saturated rings. The van der Waals surface area contributed by atoms with Crippen molar-refractivity contribution in [3.63, 3.8) is 0 Å². The second-order valence-electron chi connectivity index (χ2n) is 4.15. The highest BCUT2D eigenvalue weighted by atomic mass is 79.9. The van der Waals surface area contributed by atoms with Gasteiger partial charge in [-0.1, -0.05) is 42.1 Å². The van der Waals surface area contributed by atoms with Crippen LogP contribution in [0.5, 0.6) is 11.5 Å². The van der Waals surface area contributed by atoms with Crippen molar-refractivity contribution < 1.29 is 9.84 Å². The molecular formula is C13H20BrNO2. The van der Waals surface area contributed by atoms with Gasteiger partial charge in [0.05, 0.1) is 7.11 Å². The summed E-state index contributed by atoms with van der Waals surface area (Å²) in [7, 11) is 1.54. The lowest BCUT2D eigenvalue weighted by atomic mass is 10.00. The largest absolute Gasteiger partial charge is 0.504 e. The number of phenols is 1. The Balaban J connectivity index is 2.84. The number of phenolic OH excluding ortho intramolecular Hbond substituents is 1. The van der Waals surface area contributed by atoms with Gasteiger partial charge in [0.2, 0.25) is 0 Å². The van der Waals surface area contributed by atoms with Crippen molar-refractivity contribution in [2.45, 2.75) is 38.6 Å². The molecule has 0 unspecified atom stereocenters. The van der Waals surface area contributed by atoms with Gasteiger partial charge in [0.1, 0.15) is 0 Å². The first-order valence-electron chi connectivity index (χ1n) is 5.92. The zero-order chi connectivity index (χ0) is 12.8. The van der Waals surface area contributed by atoms with Crippen LogP contribution in [0.1, 0.15) is 44.2 Å². The van der Waals surface area contributed by atoms with Crippen molar-refractivity contribution in [2.75, 3.05) is 7.11 Å². The van der Waals surface area contributed by atoms with E-state index in [1.807, 2.05) is 6.07 Å². The molecule has 0 aliphatic rings. The number of ether oxygens (including phenoxy) is 1. The molecule has 0 spiro atoms. The average molecular weight is 302 g/mol. The molecule has 17 heavy (non-hydrogen) atoms. The van der Waals surface area contributed by atoms with Crippen LogP contribution < -0.4 is 10.5 Å². The lowest BCUT2D eigenvalue weighted by Gasteiger charge is -2.16. The van der Waals surface area contributed by atoms with E-state index in [1.54, 1.807) is 6.07 Å². The minimum absolute atomic E-state index is 0.145. The van der Waals surface area contributed by atoms with E-state index in [0.717, 1.165) is 22.9 Å². The lowest BCUT2D eigenvalue weighted by Crippen LogP contribution is -2.10. The number of hydrogen-bond acceptors (Lipinski definition) is 3. The van der Waals surface area contributed by atoms with Gasteiger partial charge < -0.3 is 15.6 Å². The van der Waals surface area contributed by atoms with Gasteiger partial charge in [0, 0.05) is 16.1 Å². The van der Waals surface area contributed by atoms with Crippen LogP contribution in [0.3, 0.4) is 0 Å². The Kier molecular flexibility index (Phi) is 5.78. The standard InChI is InChI=1S/C13H20BrNO2/c1-3-4-5-6-11(15)10-7-9(14)8-12(17-2)13(10)16/h7-8,11,16H,3-6,15H2,1-2H3/t11-/m1/s1. The van der Waals surface area contributed by atoms with Crippen molar-refractivity contribution in [1.29, 1.82) is 0 Å². The molecule has 0 aliphatic carbocycles. The van der Waals surface area contributed by atoms with Crippen molar-refractivity contribution >= 4 is 15.9 Å². The quantitative estimate of drug-likeness (QED) is 0.787. The monoisotopic (exact) mass is 301 g/mol. The minimum Gasteiger partial charge on any atom is -0.504 e. The van der Waals surface area contributed by atoms with Gasteiger partial charge in [-0.05, 0) is 18.6 Å². The second kappa shape index (κ2) is 6.87. The Morgan fingerprint density at radius 3 is 2.71 bits per heavy atom. The first-order valence-corrected chi connectivity index (χ1v) is 6.71. The highest BCUT2D eigenvalue weighted by Crippen LogP contribution is 2.37. The third kappa shape index (κ3) is 3.89. The van der Waals surface area contributed by atoms with Crippen molar-refractivity contribution in [2.24, 2.45) is 5.73 Å². The van der Waals surface area contributed by atoms with Crippen LogP contribution in [0.15, 0.2) is 16.6 Å². The van der Waals surface area contributed by atoms with Crippen LogP contribution in [0, 0.1) is 0 Å². The van der Waals surface area contributed by atoms with Gasteiger partial charge in [-0.2, -0.15) is 0 Å². The minimum atomic E-state index is -0.145. The predicted molar refractivity (Wildman–Crippen MR) is 73.4 cm³/mol. The van der Waals surface area contributed by atoms with Gasteiger partial charge >= 0.3 is 0 Å². The normalized spacial score (nSPS) is 12.5. The van der Waals surface area contributed by atoms with E-state index in [2.05, 4.69) is 22.9 Å². The molecule has 0 aromatic heterocycles. The van der Waals surface area contributed by atoms with Gasteiger partial charge in [0.15, 0.2) is 11.5 Å². The first-order chi connectivity index (χ1) is 8.10. The number of methoxy groups -OCH3 is 1. The van der Waals surface area contributed by atoms with E-state index >= 15 is 0 Å². The summed E-state index contributed by atoms with van der Waals surface area (Å²) >= 11 is 3.39. The fourth-order valence-corrected chi connectivity index (χ4v) is 2.26. The number of unbranched alkanes of at least 4 members (excludes halogenated alkanes) is 2. The zero-order valence-corrected chi connectivity index (χ0v) is 12.0. The van der Waals surface area contributed by atoms with Crippen LogP contribution in [0.2, 0.25) is 0 Å². The molecule has 3 nitrogen and oxygen atoms in total. The Hall–Kier alpha value is -0.740. The topological polar surface area (TPSA) is 55.5 Å². The maximum absolute atomic E-state index is 10.0. The molecule has 0 heterocycles. The van der Waals surface area contributed by atoms with E-state index in [-0.39, 0.29) is 11.8 Å². The van der Waals surface area contributed by atoms with Crippen LogP contribution in [-0.2, 0) is 0 Å². The molecule has 1 rings (SSSR count). The highest BCUT2D eigenvalue weighted by molar-refractivity contribution is 9.10. The van der Waals surface area contributed by atoms with Crippen molar-refractivity contribution in [3.8, 4) is 11.5 Å². The highest BCUT2D eigenvalue weighted by Gasteiger charge is 2.15. The number of benzene rings is 1. The van der Waals surface area contributed by atoms with Crippen LogP contribution in [0.25, 0.3) is 0 Å². The molecule has 1 aromatic rings. The molecule has 1 aromatic carbocycles. The number of hydrogen-bond donors (Lipinski definition) is 2. The Labute approximate surface area is 111 Å².